The minimum Gasteiger partial charge on any atom is -0.469 e. The zero-order valence-corrected chi connectivity index (χ0v) is 8.52. The molecule has 1 aliphatic carbocycles. The molecular weight excluding hydrogens is 166 g/mol. The fourth-order valence-corrected chi connectivity index (χ4v) is 1.79. The zero-order chi connectivity index (χ0) is 10.1. The van der Waals surface area contributed by atoms with Crippen LogP contribution in [0.25, 0.3) is 0 Å². The van der Waals surface area contributed by atoms with Crippen LogP contribution in [0.15, 0.2) is 0 Å². The Morgan fingerprint density at radius 1 is 1.62 bits per heavy atom. The minimum atomic E-state index is -0.297. The molecule has 0 amide bonds. The van der Waals surface area contributed by atoms with Gasteiger partial charge in [0.05, 0.1) is 13.0 Å². The van der Waals surface area contributed by atoms with Crippen molar-refractivity contribution in [1.29, 1.82) is 5.41 Å². The van der Waals surface area contributed by atoms with Crippen molar-refractivity contribution in [3.63, 3.8) is 0 Å². The van der Waals surface area contributed by atoms with E-state index < -0.39 is 0 Å². The first-order valence-electron chi connectivity index (χ1n) is 4.61. The van der Waals surface area contributed by atoms with Gasteiger partial charge >= 0.3 is 5.97 Å². The third kappa shape index (κ3) is 2.29. The maximum absolute atomic E-state index is 11.3. The molecule has 74 valence electrons. The normalized spacial score (nSPS) is 27.0. The van der Waals surface area contributed by atoms with E-state index in [1.807, 2.05) is 0 Å². The lowest BCUT2D eigenvalue weighted by molar-refractivity contribution is -0.144. The third-order valence-corrected chi connectivity index (χ3v) is 2.73. The molecule has 1 atom stereocenters. The number of ether oxygens (including phenoxy) is 1. The van der Waals surface area contributed by atoms with Gasteiger partial charge in [-0.15, -0.1) is 0 Å². The maximum Gasteiger partial charge on any atom is 0.314 e. The van der Waals surface area contributed by atoms with Crippen LogP contribution in [-0.2, 0) is 9.53 Å². The average Bonchev–Trinajstić information content (AvgIpc) is 2.08. The molecule has 0 spiro atoms. The Labute approximate surface area is 79.0 Å². The number of rotatable bonds is 1. The highest BCUT2D eigenvalue weighted by atomic mass is 16.5. The summed E-state index contributed by atoms with van der Waals surface area (Å²) in [6.45, 7) is 4.27. The molecule has 0 aromatic carbocycles. The van der Waals surface area contributed by atoms with E-state index in [1.54, 1.807) is 0 Å². The van der Waals surface area contributed by atoms with Gasteiger partial charge in [0.15, 0.2) is 0 Å². The first kappa shape index (κ1) is 10.2. The van der Waals surface area contributed by atoms with Crippen molar-refractivity contribution in [2.24, 2.45) is 11.3 Å². The van der Waals surface area contributed by atoms with Crippen LogP contribution in [0, 0.1) is 16.7 Å². The van der Waals surface area contributed by atoms with Gasteiger partial charge in [0.2, 0.25) is 0 Å². The van der Waals surface area contributed by atoms with Crippen molar-refractivity contribution >= 4 is 11.7 Å². The molecule has 0 aromatic heterocycles. The number of methoxy groups -OCH3 is 1. The van der Waals surface area contributed by atoms with E-state index in [9.17, 15) is 4.79 Å². The van der Waals surface area contributed by atoms with Gasteiger partial charge in [0.1, 0.15) is 0 Å². The highest BCUT2D eigenvalue weighted by molar-refractivity contribution is 6.01. The summed E-state index contributed by atoms with van der Waals surface area (Å²) in [5.74, 6) is -0.550. The molecule has 13 heavy (non-hydrogen) atoms. The number of hydrogen-bond acceptors (Lipinski definition) is 3. The summed E-state index contributed by atoms with van der Waals surface area (Å²) in [6, 6.07) is 0. The van der Waals surface area contributed by atoms with Gasteiger partial charge in [0.25, 0.3) is 0 Å². The van der Waals surface area contributed by atoms with E-state index in [-0.39, 0.29) is 17.3 Å². The quantitative estimate of drug-likeness (QED) is 0.632. The summed E-state index contributed by atoms with van der Waals surface area (Å²) in [6.07, 6.45) is 2.48. The van der Waals surface area contributed by atoms with Crippen LogP contribution >= 0.6 is 0 Å². The van der Waals surface area contributed by atoms with Gasteiger partial charge in [-0.2, -0.15) is 0 Å². The van der Waals surface area contributed by atoms with Gasteiger partial charge in [-0.1, -0.05) is 13.8 Å². The Morgan fingerprint density at radius 3 is 2.77 bits per heavy atom. The van der Waals surface area contributed by atoms with E-state index >= 15 is 0 Å². The van der Waals surface area contributed by atoms with E-state index in [2.05, 4.69) is 18.6 Å². The maximum atomic E-state index is 11.3. The minimum absolute atomic E-state index is 0.170. The molecular formula is C10H17NO2. The van der Waals surface area contributed by atoms with E-state index in [1.165, 1.54) is 7.11 Å². The fraction of sp³-hybridized carbons (Fsp3) is 0.800. The summed E-state index contributed by atoms with van der Waals surface area (Å²) in [7, 11) is 1.39. The van der Waals surface area contributed by atoms with Crippen molar-refractivity contribution in [3.05, 3.63) is 0 Å². The van der Waals surface area contributed by atoms with Gasteiger partial charge in [-0.3, -0.25) is 4.79 Å². The summed E-state index contributed by atoms with van der Waals surface area (Å²) >= 11 is 0. The van der Waals surface area contributed by atoms with Crippen LogP contribution in [0.3, 0.4) is 0 Å². The van der Waals surface area contributed by atoms with Gasteiger partial charge in [-0.25, -0.2) is 0 Å². The van der Waals surface area contributed by atoms with Crippen molar-refractivity contribution < 1.29 is 9.53 Å². The number of carbonyl (C=O) groups is 1. The second kappa shape index (κ2) is 3.48. The molecule has 1 fully saturated rings. The van der Waals surface area contributed by atoms with Gasteiger partial charge in [0, 0.05) is 5.71 Å². The van der Waals surface area contributed by atoms with Crippen molar-refractivity contribution in [3.8, 4) is 0 Å². The molecule has 1 unspecified atom stereocenters. The molecule has 0 bridgehead atoms. The molecule has 0 saturated heterocycles. The van der Waals surface area contributed by atoms with E-state index in [0.29, 0.717) is 5.71 Å². The molecule has 1 N–H and O–H groups in total. The van der Waals surface area contributed by atoms with Crippen LogP contribution in [-0.4, -0.2) is 18.8 Å². The van der Waals surface area contributed by atoms with Crippen molar-refractivity contribution in [2.75, 3.05) is 7.11 Å². The summed E-state index contributed by atoms with van der Waals surface area (Å²) in [5.41, 5.74) is 0.704. The highest BCUT2D eigenvalue weighted by Gasteiger charge is 2.36. The van der Waals surface area contributed by atoms with Crippen LogP contribution in [0.1, 0.15) is 33.1 Å². The van der Waals surface area contributed by atoms with Crippen molar-refractivity contribution in [2.45, 2.75) is 33.1 Å². The monoisotopic (exact) mass is 183 g/mol. The lowest BCUT2D eigenvalue weighted by Gasteiger charge is -2.34. The number of esters is 1. The molecule has 0 aromatic rings. The fourth-order valence-electron chi connectivity index (χ4n) is 1.79. The Balaban J connectivity index is 2.71. The number of nitrogens with one attached hydrogen (secondary N) is 1. The van der Waals surface area contributed by atoms with Crippen LogP contribution in [0.5, 0.6) is 0 Å². The van der Waals surface area contributed by atoms with Crippen LogP contribution in [0.4, 0.5) is 0 Å². The molecule has 0 heterocycles. The molecule has 3 heteroatoms. The largest absolute Gasteiger partial charge is 0.469 e. The van der Waals surface area contributed by atoms with Gasteiger partial charge in [-0.05, 0) is 24.7 Å². The van der Waals surface area contributed by atoms with Crippen LogP contribution in [0.2, 0.25) is 0 Å². The average molecular weight is 183 g/mol. The SMILES string of the molecule is COC(=O)C1CC(C)(C)CCC1=N. The summed E-state index contributed by atoms with van der Waals surface area (Å²) in [4.78, 5) is 11.3. The lowest BCUT2D eigenvalue weighted by Crippen LogP contribution is -2.35. The standard InChI is InChI=1S/C10H17NO2/c1-10(2)5-4-8(11)7(6-10)9(12)13-3/h7,11H,4-6H2,1-3H3. The smallest absolute Gasteiger partial charge is 0.314 e. The molecule has 3 nitrogen and oxygen atoms in total. The highest BCUT2D eigenvalue weighted by Crippen LogP contribution is 2.37. The van der Waals surface area contributed by atoms with E-state index in [4.69, 9.17) is 5.41 Å². The summed E-state index contributed by atoms with van der Waals surface area (Å²) < 4.78 is 4.67. The molecule has 0 aliphatic heterocycles. The topological polar surface area (TPSA) is 50.2 Å². The Kier molecular flexibility index (Phi) is 2.74. The second-order valence-electron chi connectivity index (χ2n) is 4.47. The number of carbonyl (C=O) groups excluding carboxylic acids is 1. The predicted molar refractivity (Wildman–Crippen MR) is 50.9 cm³/mol. The summed E-state index contributed by atoms with van der Waals surface area (Å²) in [5, 5.41) is 7.66. The Morgan fingerprint density at radius 2 is 2.23 bits per heavy atom. The second-order valence-corrected chi connectivity index (χ2v) is 4.47. The molecule has 1 rings (SSSR count). The van der Waals surface area contributed by atoms with Crippen molar-refractivity contribution in [1.82, 2.24) is 0 Å². The van der Waals surface area contributed by atoms with Crippen LogP contribution < -0.4 is 0 Å². The first-order chi connectivity index (χ1) is 5.96. The lowest BCUT2D eigenvalue weighted by atomic mass is 9.71. The predicted octanol–water partition coefficient (Wildman–Crippen LogP) is 2.01. The molecule has 1 saturated carbocycles. The molecule has 0 radical (unpaired) electrons. The first-order valence-corrected chi connectivity index (χ1v) is 4.61. The third-order valence-electron chi connectivity index (χ3n) is 2.73. The van der Waals surface area contributed by atoms with E-state index in [0.717, 1.165) is 19.3 Å². The Bertz CT molecular complexity index is 225. The zero-order valence-electron chi connectivity index (χ0n) is 8.52. The Hall–Kier alpha value is -0.860. The number of hydrogen-bond donors (Lipinski definition) is 1. The molecule has 1 aliphatic rings. The van der Waals surface area contributed by atoms with Gasteiger partial charge < -0.3 is 10.1 Å².